The number of hydrogen-bond acceptors (Lipinski definition) is 5. The number of nitrogens with one attached hydrogen (secondary N) is 1. The fourth-order valence-corrected chi connectivity index (χ4v) is 8.61. The van der Waals surface area contributed by atoms with Gasteiger partial charge in [-0.1, -0.05) is 54.2 Å². The van der Waals surface area contributed by atoms with Gasteiger partial charge < -0.3 is 14.6 Å². The number of amides is 1. The minimum absolute atomic E-state index is 0.0166. The fraction of sp³-hybridized carbons (Fsp3) is 0.400. The van der Waals surface area contributed by atoms with Gasteiger partial charge in [-0.05, 0) is 80.1 Å². The maximum Gasteiger partial charge on any atom is 0.337 e. The van der Waals surface area contributed by atoms with Crippen LogP contribution in [-0.2, 0) is 16.1 Å². The van der Waals surface area contributed by atoms with Crippen LogP contribution >= 0.6 is 23.2 Å². The molecule has 0 spiro atoms. The summed E-state index contributed by atoms with van der Waals surface area (Å²) in [4.78, 5) is 34.6. The molecule has 3 aromatic carbocycles. The van der Waals surface area contributed by atoms with Gasteiger partial charge in [-0.15, -0.1) is 0 Å². The smallest absolute Gasteiger partial charge is 0.337 e. The number of carbonyl (C=O) groups is 2. The summed E-state index contributed by atoms with van der Waals surface area (Å²) < 4.78 is 23.3. The van der Waals surface area contributed by atoms with Crippen molar-refractivity contribution in [2.45, 2.75) is 69.0 Å². The van der Waals surface area contributed by atoms with Gasteiger partial charge in [-0.2, -0.15) is 0 Å². The molecule has 0 bridgehead atoms. The lowest BCUT2D eigenvalue weighted by Gasteiger charge is -2.41. The number of hydrogen-bond donors (Lipinski definition) is 1. The number of benzene rings is 3. The molecule has 7 nitrogen and oxygen atoms in total. The molecular formula is C35H35Cl2FN4O3. The Morgan fingerprint density at radius 2 is 1.84 bits per heavy atom. The van der Waals surface area contributed by atoms with Crippen molar-refractivity contribution in [2.75, 3.05) is 19.0 Å². The van der Waals surface area contributed by atoms with E-state index in [4.69, 9.17) is 32.9 Å². The Balaban J connectivity index is 1.43. The van der Waals surface area contributed by atoms with E-state index < -0.39 is 23.2 Å². The van der Waals surface area contributed by atoms with E-state index in [-0.39, 0.29) is 22.9 Å². The Morgan fingerprint density at radius 1 is 1.07 bits per heavy atom. The van der Waals surface area contributed by atoms with Crippen LogP contribution in [0, 0.1) is 11.7 Å². The molecule has 0 unspecified atom stereocenters. The first-order chi connectivity index (χ1) is 21.7. The first-order valence-electron chi connectivity index (χ1n) is 15.6. The van der Waals surface area contributed by atoms with Crippen molar-refractivity contribution in [3.63, 3.8) is 0 Å². The second kappa shape index (κ2) is 11.7. The average Bonchev–Trinajstić information content (AvgIpc) is 3.74. The Kier molecular flexibility index (Phi) is 7.87. The normalized spacial score (nSPS) is 24.9. The molecule has 45 heavy (non-hydrogen) atoms. The van der Waals surface area contributed by atoms with Gasteiger partial charge in [-0.3, -0.25) is 9.69 Å². The molecule has 2 fully saturated rings. The molecule has 2 aliphatic heterocycles. The fourth-order valence-electron chi connectivity index (χ4n) is 8.24. The molecule has 10 heteroatoms. The van der Waals surface area contributed by atoms with Gasteiger partial charge in [0, 0.05) is 41.7 Å². The lowest BCUT2D eigenvalue weighted by atomic mass is 9.73. The van der Waals surface area contributed by atoms with Gasteiger partial charge in [0.1, 0.15) is 17.2 Å². The zero-order valence-electron chi connectivity index (χ0n) is 25.2. The molecule has 1 aromatic heterocycles. The highest BCUT2D eigenvalue weighted by molar-refractivity contribution is 6.31. The standard InChI is InChI=1S/C35H35Cl2FN4O3/c1-35(34(44)39-23-10-5-9-22(36)18-23)30(24-11-6-12-25(37)31(24)38)29-28(42(35)19-20-7-3-4-8-20)15-16-41-27-14-13-21(33(43)45-2)17-26(27)40-32(29)41/h5-6,9-14,17-18,20,28-30H,3-4,7-8,15-16,19H2,1-2H3,(H,39,44)/t28-,29+,30-,35+/m0/s1. The molecule has 4 atom stereocenters. The van der Waals surface area contributed by atoms with E-state index in [0.717, 1.165) is 37.1 Å². The summed E-state index contributed by atoms with van der Waals surface area (Å²) in [6.45, 7) is 3.36. The Hall–Kier alpha value is -3.46. The molecule has 3 heterocycles. The number of methoxy groups -OCH3 is 1. The van der Waals surface area contributed by atoms with Crippen LogP contribution in [0.5, 0.6) is 0 Å². The third-order valence-corrected chi connectivity index (χ3v) is 10.8. The van der Waals surface area contributed by atoms with Gasteiger partial charge in [0.05, 0.1) is 28.7 Å². The molecular weight excluding hydrogens is 614 g/mol. The van der Waals surface area contributed by atoms with Crippen molar-refractivity contribution in [2.24, 2.45) is 5.92 Å². The SMILES string of the molecule is COC(=O)c1ccc2c(c1)nc1n2CC[C@H]2[C@@H]1[C@H](c1cccc(Cl)c1F)[C@](C)(C(=O)Nc1cccc(Cl)c1)N2CC1CCCC1. The molecule has 4 aromatic rings. The van der Waals surface area contributed by atoms with Crippen LogP contribution in [0.15, 0.2) is 60.7 Å². The van der Waals surface area contributed by atoms with Crippen molar-refractivity contribution in [3.05, 3.63) is 93.5 Å². The van der Waals surface area contributed by atoms with Gasteiger partial charge in [0.25, 0.3) is 0 Å². The number of imidazole rings is 1. The second-order valence-electron chi connectivity index (χ2n) is 12.7. The number of likely N-dealkylation sites (tertiary alicyclic amines) is 1. The van der Waals surface area contributed by atoms with E-state index in [0.29, 0.717) is 39.8 Å². The van der Waals surface area contributed by atoms with Gasteiger partial charge in [0.15, 0.2) is 0 Å². The summed E-state index contributed by atoms with van der Waals surface area (Å²) in [5.74, 6) is -0.896. The maximum atomic E-state index is 16.2. The number of rotatable bonds is 6. The Bertz CT molecular complexity index is 1800. The van der Waals surface area contributed by atoms with Crippen LogP contribution in [0.3, 0.4) is 0 Å². The first kappa shape index (κ1) is 30.2. The minimum atomic E-state index is -1.16. The largest absolute Gasteiger partial charge is 0.465 e. The Labute approximate surface area is 271 Å². The molecule has 1 saturated heterocycles. The van der Waals surface area contributed by atoms with E-state index in [1.165, 1.54) is 26.0 Å². The van der Waals surface area contributed by atoms with Crippen LogP contribution in [0.2, 0.25) is 10.0 Å². The molecule has 1 aliphatic carbocycles. The second-order valence-corrected chi connectivity index (χ2v) is 13.6. The number of aromatic nitrogens is 2. The lowest BCUT2D eigenvalue weighted by molar-refractivity contribution is -0.127. The van der Waals surface area contributed by atoms with Crippen LogP contribution < -0.4 is 5.32 Å². The molecule has 1 N–H and O–H groups in total. The number of ether oxygens (including phenoxy) is 1. The van der Waals surface area contributed by atoms with Crippen LogP contribution in [0.1, 0.15) is 72.6 Å². The first-order valence-corrected chi connectivity index (χ1v) is 16.3. The van der Waals surface area contributed by atoms with E-state index in [9.17, 15) is 9.59 Å². The van der Waals surface area contributed by atoms with Crippen molar-refractivity contribution in [1.29, 1.82) is 0 Å². The highest BCUT2D eigenvalue weighted by Gasteiger charge is 2.63. The summed E-state index contributed by atoms with van der Waals surface area (Å²) >= 11 is 12.7. The predicted octanol–water partition coefficient (Wildman–Crippen LogP) is 7.81. The highest BCUT2D eigenvalue weighted by Crippen LogP contribution is 2.58. The van der Waals surface area contributed by atoms with Crippen LogP contribution in [-0.4, -0.2) is 51.6 Å². The number of carbonyl (C=O) groups excluding carboxylic acids is 2. The zero-order valence-corrected chi connectivity index (χ0v) is 26.7. The maximum absolute atomic E-state index is 16.2. The topological polar surface area (TPSA) is 76.5 Å². The van der Waals surface area contributed by atoms with E-state index >= 15 is 4.39 Å². The minimum Gasteiger partial charge on any atom is -0.465 e. The summed E-state index contributed by atoms with van der Waals surface area (Å²) in [6.07, 6.45) is 5.30. The third-order valence-electron chi connectivity index (χ3n) is 10.3. The lowest BCUT2D eigenvalue weighted by Crippen LogP contribution is -2.56. The highest BCUT2D eigenvalue weighted by atomic mass is 35.5. The third kappa shape index (κ3) is 5.02. The van der Waals surface area contributed by atoms with Gasteiger partial charge >= 0.3 is 5.97 Å². The monoisotopic (exact) mass is 648 g/mol. The summed E-state index contributed by atoms with van der Waals surface area (Å²) in [6, 6.07) is 17.4. The summed E-state index contributed by atoms with van der Waals surface area (Å²) in [5, 5.41) is 3.67. The number of nitrogens with zero attached hydrogens (tertiary/aromatic N) is 3. The molecule has 3 aliphatic rings. The Morgan fingerprint density at radius 3 is 2.60 bits per heavy atom. The van der Waals surface area contributed by atoms with Gasteiger partial charge in [0.2, 0.25) is 5.91 Å². The predicted molar refractivity (Wildman–Crippen MR) is 174 cm³/mol. The number of aryl methyl sites for hydroxylation is 1. The molecule has 1 saturated carbocycles. The molecule has 234 valence electrons. The van der Waals surface area contributed by atoms with E-state index in [1.807, 2.05) is 19.1 Å². The zero-order chi connectivity index (χ0) is 31.5. The van der Waals surface area contributed by atoms with Crippen molar-refractivity contribution >= 4 is 51.8 Å². The number of fused-ring (bicyclic) bond motifs is 5. The molecule has 1 amide bonds. The number of anilines is 1. The van der Waals surface area contributed by atoms with E-state index in [1.54, 1.807) is 42.5 Å². The number of halogens is 3. The quantitative estimate of drug-likeness (QED) is 0.216. The molecule has 0 radical (unpaired) electrons. The average molecular weight is 650 g/mol. The van der Waals surface area contributed by atoms with Crippen LogP contribution in [0.4, 0.5) is 10.1 Å². The summed E-state index contributed by atoms with van der Waals surface area (Å²) in [7, 11) is 1.35. The summed E-state index contributed by atoms with van der Waals surface area (Å²) in [5.41, 5.74) is 1.78. The van der Waals surface area contributed by atoms with Gasteiger partial charge in [-0.25, -0.2) is 14.2 Å². The number of esters is 1. The van der Waals surface area contributed by atoms with Crippen molar-refractivity contribution < 1.29 is 18.7 Å². The van der Waals surface area contributed by atoms with E-state index in [2.05, 4.69) is 14.8 Å². The molecule has 7 rings (SSSR count). The van der Waals surface area contributed by atoms with Crippen molar-refractivity contribution in [3.8, 4) is 0 Å². The van der Waals surface area contributed by atoms with Crippen LogP contribution in [0.25, 0.3) is 11.0 Å². The van der Waals surface area contributed by atoms with Crippen molar-refractivity contribution in [1.82, 2.24) is 14.5 Å².